The number of carbonyl (C=O) groups excluding carboxylic acids is 1. The molecular weight excluding hydrogens is 460 g/mol. The van der Waals surface area contributed by atoms with Gasteiger partial charge in [-0.3, -0.25) is 15.6 Å². The Morgan fingerprint density at radius 1 is 1.11 bits per heavy atom. The van der Waals surface area contributed by atoms with Crippen LogP contribution in [0.2, 0.25) is 0 Å². The predicted molar refractivity (Wildman–Crippen MR) is 148 cm³/mol. The van der Waals surface area contributed by atoms with Gasteiger partial charge in [-0.2, -0.15) is 5.10 Å². The van der Waals surface area contributed by atoms with Crippen LogP contribution >= 0.6 is 0 Å². The fourth-order valence-corrected chi connectivity index (χ4v) is 5.17. The molecule has 7 nitrogen and oxygen atoms in total. The van der Waals surface area contributed by atoms with Gasteiger partial charge in [0.1, 0.15) is 0 Å². The summed E-state index contributed by atoms with van der Waals surface area (Å²) in [5.74, 6) is 0.00482. The van der Waals surface area contributed by atoms with Crippen LogP contribution in [0.3, 0.4) is 0 Å². The quantitative estimate of drug-likeness (QED) is 0.339. The van der Waals surface area contributed by atoms with Crippen molar-refractivity contribution in [2.24, 2.45) is 0 Å². The number of aromatic nitrogens is 3. The Bertz CT molecular complexity index is 1380. The first kappa shape index (κ1) is 25.1. The summed E-state index contributed by atoms with van der Waals surface area (Å²) in [6.45, 7) is 6.92. The zero-order valence-corrected chi connectivity index (χ0v) is 22.1. The summed E-state index contributed by atoms with van der Waals surface area (Å²) in [5.41, 5.74) is 12.5. The Hall–Kier alpha value is -3.55. The number of aryl methyl sites for hydroxylation is 1. The molecule has 2 aromatic heterocycles. The van der Waals surface area contributed by atoms with Crippen molar-refractivity contribution in [1.82, 2.24) is 30.5 Å². The first-order valence-electron chi connectivity index (χ1n) is 13.2. The molecule has 1 aliphatic heterocycles. The number of benzene rings is 2. The number of fused-ring (bicyclic) bond motifs is 1. The van der Waals surface area contributed by atoms with Crippen molar-refractivity contribution in [3.05, 3.63) is 83.6 Å². The van der Waals surface area contributed by atoms with Gasteiger partial charge in [-0.1, -0.05) is 54.6 Å². The van der Waals surface area contributed by atoms with E-state index < -0.39 is 0 Å². The van der Waals surface area contributed by atoms with Crippen molar-refractivity contribution >= 4 is 16.9 Å². The molecule has 192 valence electrons. The van der Waals surface area contributed by atoms with E-state index in [1.165, 1.54) is 5.56 Å². The minimum atomic E-state index is 0.00482. The number of rotatable bonds is 8. The van der Waals surface area contributed by atoms with E-state index in [1.807, 2.05) is 40.9 Å². The zero-order valence-electron chi connectivity index (χ0n) is 22.1. The maximum atomic E-state index is 13.7. The predicted octanol–water partition coefficient (Wildman–Crippen LogP) is 5.45. The van der Waals surface area contributed by atoms with Crippen molar-refractivity contribution in [3.63, 3.8) is 0 Å². The number of pyridine rings is 1. The molecule has 0 aliphatic carbocycles. The van der Waals surface area contributed by atoms with Crippen LogP contribution in [0.25, 0.3) is 22.3 Å². The molecule has 0 spiro atoms. The van der Waals surface area contributed by atoms with Gasteiger partial charge in [-0.05, 0) is 57.2 Å². The molecule has 3 heterocycles. The van der Waals surface area contributed by atoms with E-state index in [4.69, 9.17) is 4.98 Å². The molecule has 0 radical (unpaired) electrons. The Morgan fingerprint density at radius 3 is 2.62 bits per heavy atom. The van der Waals surface area contributed by atoms with Gasteiger partial charge in [0, 0.05) is 37.3 Å². The third-order valence-corrected chi connectivity index (χ3v) is 7.28. The molecule has 0 bridgehead atoms. The van der Waals surface area contributed by atoms with Crippen LogP contribution in [-0.4, -0.2) is 45.2 Å². The zero-order chi connectivity index (χ0) is 25.9. The topological polar surface area (TPSA) is 75.1 Å². The first-order valence-corrected chi connectivity index (χ1v) is 13.2. The maximum absolute atomic E-state index is 13.7. The summed E-state index contributed by atoms with van der Waals surface area (Å²) in [6.07, 6.45) is 4.75. The molecule has 4 aromatic rings. The molecule has 7 heteroatoms. The van der Waals surface area contributed by atoms with Gasteiger partial charge in [0.15, 0.2) is 5.65 Å². The van der Waals surface area contributed by atoms with E-state index in [-0.39, 0.29) is 11.9 Å². The normalized spacial score (nSPS) is 17.5. The lowest BCUT2D eigenvalue weighted by atomic mass is 9.99. The lowest BCUT2D eigenvalue weighted by molar-refractivity contribution is 0.0793. The van der Waals surface area contributed by atoms with Crippen molar-refractivity contribution in [3.8, 4) is 11.3 Å². The summed E-state index contributed by atoms with van der Waals surface area (Å²) >= 11 is 0. The first-order chi connectivity index (χ1) is 17.9. The van der Waals surface area contributed by atoms with Crippen LogP contribution < -0.4 is 10.9 Å². The Kier molecular flexibility index (Phi) is 7.35. The molecule has 0 saturated carbocycles. The number of nitrogens with zero attached hydrogens (tertiary/aromatic N) is 4. The van der Waals surface area contributed by atoms with Crippen molar-refractivity contribution < 1.29 is 4.79 Å². The van der Waals surface area contributed by atoms with Gasteiger partial charge >= 0.3 is 0 Å². The summed E-state index contributed by atoms with van der Waals surface area (Å²) in [5, 5.41) is 5.37. The van der Waals surface area contributed by atoms with E-state index in [1.54, 1.807) is 6.20 Å². The van der Waals surface area contributed by atoms with E-state index in [0.717, 1.165) is 47.1 Å². The van der Waals surface area contributed by atoms with E-state index in [9.17, 15) is 4.79 Å². The van der Waals surface area contributed by atoms with Crippen molar-refractivity contribution in [2.75, 3.05) is 13.6 Å². The Balaban J connectivity index is 1.31. The molecule has 1 amide bonds. The fraction of sp³-hybridized carbons (Fsp3) is 0.367. The smallest absolute Gasteiger partial charge is 0.254 e. The molecular formula is C30H36N6O. The largest absolute Gasteiger partial charge is 0.342 e. The number of carbonyl (C=O) groups is 1. The average Bonchev–Trinajstić information content (AvgIpc) is 3.56. The van der Waals surface area contributed by atoms with Gasteiger partial charge < -0.3 is 4.90 Å². The lowest BCUT2D eigenvalue weighted by Crippen LogP contribution is -2.32. The van der Waals surface area contributed by atoms with Crippen LogP contribution in [0, 0.1) is 6.92 Å². The van der Waals surface area contributed by atoms with Crippen LogP contribution in [-0.2, 0) is 0 Å². The number of hydrogen-bond donors (Lipinski definition) is 2. The highest BCUT2D eigenvalue weighted by atomic mass is 16.2. The highest BCUT2D eigenvalue weighted by Gasteiger charge is 2.25. The summed E-state index contributed by atoms with van der Waals surface area (Å²) in [7, 11) is 1.89. The van der Waals surface area contributed by atoms with Gasteiger partial charge in [0.2, 0.25) is 0 Å². The second kappa shape index (κ2) is 10.8. The minimum absolute atomic E-state index is 0.00482. The van der Waals surface area contributed by atoms with E-state index in [2.05, 4.69) is 73.1 Å². The standard InChI is InChI=1S/C30H36N6O/c1-20(2)36-29-26(19-31-36)25(18-28(32-29)24-15-9-8-11-21(24)3)30(37)35(4)16-10-14-23-17-27(34-33-23)22-12-6-5-7-13-22/h5-9,11-13,15,18-20,23,27,33-34H,10,14,16-17H2,1-4H3. The van der Waals surface area contributed by atoms with Crippen molar-refractivity contribution in [2.45, 2.75) is 58.2 Å². The number of hydrogen-bond acceptors (Lipinski definition) is 5. The average molecular weight is 497 g/mol. The van der Waals surface area contributed by atoms with Crippen LogP contribution in [0.4, 0.5) is 0 Å². The van der Waals surface area contributed by atoms with Crippen LogP contribution in [0.5, 0.6) is 0 Å². The second-order valence-corrected chi connectivity index (χ2v) is 10.3. The molecule has 1 aliphatic rings. The maximum Gasteiger partial charge on any atom is 0.254 e. The lowest BCUT2D eigenvalue weighted by Gasteiger charge is -2.19. The number of amides is 1. The van der Waals surface area contributed by atoms with E-state index in [0.29, 0.717) is 24.2 Å². The summed E-state index contributed by atoms with van der Waals surface area (Å²) < 4.78 is 1.90. The van der Waals surface area contributed by atoms with Gasteiger partial charge in [-0.15, -0.1) is 0 Å². The highest BCUT2D eigenvalue weighted by molar-refractivity contribution is 6.06. The third-order valence-electron chi connectivity index (χ3n) is 7.28. The minimum Gasteiger partial charge on any atom is -0.342 e. The van der Waals surface area contributed by atoms with Gasteiger partial charge in [0.25, 0.3) is 5.91 Å². The Labute approximate surface area is 218 Å². The van der Waals surface area contributed by atoms with Crippen LogP contribution in [0.1, 0.15) is 66.7 Å². The third kappa shape index (κ3) is 5.29. The molecule has 1 fully saturated rings. The molecule has 2 aromatic carbocycles. The van der Waals surface area contributed by atoms with E-state index >= 15 is 0 Å². The molecule has 2 atom stereocenters. The molecule has 5 rings (SSSR count). The monoisotopic (exact) mass is 496 g/mol. The molecule has 37 heavy (non-hydrogen) atoms. The molecule has 2 N–H and O–H groups in total. The van der Waals surface area contributed by atoms with Crippen molar-refractivity contribution in [1.29, 1.82) is 0 Å². The van der Waals surface area contributed by atoms with Crippen LogP contribution in [0.15, 0.2) is 66.9 Å². The Morgan fingerprint density at radius 2 is 1.86 bits per heavy atom. The molecule has 2 unspecified atom stereocenters. The number of hydrazine groups is 1. The SMILES string of the molecule is Cc1ccccc1-c1cc(C(=O)N(C)CCCC2CC(c3ccccc3)NN2)c2cnn(C(C)C)c2n1. The highest BCUT2D eigenvalue weighted by Crippen LogP contribution is 2.29. The fourth-order valence-electron chi connectivity index (χ4n) is 5.17. The van der Waals surface area contributed by atoms with Gasteiger partial charge in [-0.25, -0.2) is 9.67 Å². The second-order valence-electron chi connectivity index (χ2n) is 10.3. The number of nitrogens with one attached hydrogen (secondary N) is 2. The molecule has 1 saturated heterocycles. The summed E-state index contributed by atoms with van der Waals surface area (Å²) in [6, 6.07) is 21.5. The van der Waals surface area contributed by atoms with Gasteiger partial charge in [0.05, 0.1) is 22.8 Å². The summed E-state index contributed by atoms with van der Waals surface area (Å²) in [4.78, 5) is 20.5.